The number of amides is 4. The average molecular weight is 594 g/mol. The predicted molar refractivity (Wildman–Crippen MR) is 168 cm³/mol. The Bertz CT molecular complexity index is 1520. The van der Waals surface area contributed by atoms with Crippen molar-refractivity contribution < 1.29 is 19.5 Å². The van der Waals surface area contributed by atoms with Crippen LogP contribution in [0.25, 0.3) is 0 Å². The van der Waals surface area contributed by atoms with Gasteiger partial charge in [-0.05, 0) is 35.4 Å². The number of fused-ring (bicyclic) bond motifs is 1. The first-order valence-electron chi connectivity index (χ1n) is 15.4. The molecule has 228 valence electrons. The van der Waals surface area contributed by atoms with Crippen LogP contribution in [0.2, 0.25) is 0 Å². The van der Waals surface area contributed by atoms with E-state index in [-0.39, 0.29) is 36.3 Å². The van der Waals surface area contributed by atoms with Gasteiger partial charge in [-0.15, -0.1) is 0 Å². The number of aliphatic hydroxyl groups excluding tert-OH is 1. The highest BCUT2D eigenvalue weighted by molar-refractivity contribution is 6.08. The minimum Gasteiger partial charge on any atom is -0.394 e. The van der Waals surface area contributed by atoms with E-state index < -0.39 is 18.2 Å². The second-order valence-electron chi connectivity index (χ2n) is 12.0. The molecule has 1 saturated heterocycles. The lowest BCUT2D eigenvalue weighted by molar-refractivity contribution is -0.136. The van der Waals surface area contributed by atoms with Crippen LogP contribution in [0.15, 0.2) is 89.9 Å². The number of carbonyl (C=O) groups is 3. The lowest BCUT2D eigenvalue weighted by atomic mass is 9.83. The van der Waals surface area contributed by atoms with Crippen molar-refractivity contribution in [2.75, 3.05) is 20.7 Å². The maximum absolute atomic E-state index is 13.8. The largest absolute Gasteiger partial charge is 0.394 e. The third-order valence-electron chi connectivity index (χ3n) is 9.29. The molecule has 3 aromatic carbocycles. The number of amidine groups is 1. The Hall–Kier alpha value is -4.50. The number of hydrogen-bond acceptors (Lipinski definition) is 6. The highest BCUT2D eigenvalue weighted by atomic mass is 16.3. The Labute approximate surface area is 258 Å². The minimum atomic E-state index is -0.636. The zero-order chi connectivity index (χ0) is 30.8. The van der Waals surface area contributed by atoms with Crippen LogP contribution in [0, 0.1) is 5.92 Å². The summed E-state index contributed by atoms with van der Waals surface area (Å²) in [7, 11) is 3.19. The molecule has 2 fully saturated rings. The highest BCUT2D eigenvalue weighted by Gasteiger charge is 2.51. The molecule has 9 heteroatoms. The van der Waals surface area contributed by atoms with Gasteiger partial charge in [0.05, 0.1) is 18.6 Å². The smallest absolute Gasteiger partial charge is 0.328 e. The van der Waals surface area contributed by atoms with E-state index in [1.54, 1.807) is 7.05 Å². The van der Waals surface area contributed by atoms with Crippen molar-refractivity contribution in [1.82, 2.24) is 20.0 Å². The molecule has 6 rings (SSSR count). The number of urea groups is 1. The number of hydrogen-bond donors (Lipinski definition) is 2. The summed E-state index contributed by atoms with van der Waals surface area (Å²) < 4.78 is 0. The van der Waals surface area contributed by atoms with Crippen LogP contribution in [0.3, 0.4) is 0 Å². The van der Waals surface area contributed by atoms with Crippen LogP contribution in [0.4, 0.5) is 4.79 Å². The van der Waals surface area contributed by atoms with Gasteiger partial charge in [0.15, 0.2) is 12.2 Å². The van der Waals surface area contributed by atoms with Gasteiger partial charge >= 0.3 is 6.03 Å². The van der Waals surface area contributed by atoms with Gasteiger partial charge in [0.25, 0.3) is 5.91 Å². The number of nitrogens with zero attached hydrogens (tertiary/aromatic N) is 4. The first-order valence-corrected chi connectivity index (χ1v) is 15.4. The molecule has 2 N–H and O–H groups in total. The molecule has 2 unspecified atom stereocenters. The summed E-state index contributed by atoms with van der Waals surface area (Å²) in [5.41, 5.74) is 3.66. The quantitative estimate of drug-likeness (QED) is 0.385. The molecule has 2 aliphatic heterocycles. The van der Waals surface area contributed by atoms with E-state index in [9.17, 15) is 19.5 Å². The summed E-state index contributed by atoms with van der Waals surface area (Å²) >= 11 is 0. The number of imide groups is 1. The van der Waals surface area contributed by atoms with Crippen molar-refractivity contribution in [2.45, 2.75) is 56.4 Å². The minimum absolute atomic E-state index is 0.0722. The van der Waals surface area contributed by atoms with Crippen molar-refractivity contribution in [3.8, 4) is 0 Å². The number of likely N-dealkylation sites (N-methyl/N-ethyl adjacent to an activating group) is 2. The topological polar surface area (TPSA) is 106 Å². The maximum Gasteiger partial charge on any atom is 0.328 e. The Balaban J connectivity index is 1.26. The average Bonchev–Trinajstić information content (AvgIpc) is 3.72. The Morgan fingerprint density at radius 3 is 2.18 bits per heavy atom. The van der Waals surface area contributed by atoms with Gasteiger partial charge in [-0.2, -0.15) is 0 Å². The first kappa shape index (κ1) is 29.6. The maximum atomic E-state index is 13.8. The fourth-order valence-corrected chi connectivity index (χ4v) is 6.90. The van der Waals surface area contributed by atoms with Crippen molar-refractivity contribution in [2.24, 2.45) is 10.9 Å². The molecule has 9 nitrogen and oxygen atoms in total. The van der Waals surface area contributed by atoms with Crippen LogP contribution in [-0.4, -0.2) is 76.4 Å². The summed E-state index contributed by atoms with van der Waals surface area (Å²) in [5.74, 6) is 0.231. The predicted octanol–water partition coefficient (Wildman–Crippen LogP) is 4.29. The molecule has 3 aromatic rings. The second-order valence-corrected chi connectivity index (χ2v) is 12.0. The molecule has 44 heavy (non-hydrogen) atoms. The number of aliphatic imine (C=N–C) groups is 1. The molecule has 3 aliphatic rings. The van der Waals surface area contributed by atoms with E-state index in [0.717, 1.165) is 47.9 Å². The Kier molecular flexibility index (Phi) is 8.48. The summed E-state index contributed by atoms with van der Waals surface area (Å²) in [5, 5.41) is 13.2. The van der Waals surface area contributed by atoms with E-state index in [0.29, 0.717) is 12.4 Å². The van der Waals surface area contributed by atoms with E-state index >= 15 is 0 Å². The van der Waals surface area contributed by atoms with E-state index in [2.05, 4.69) is 5.32 Å². The van der Waals surface area contributed by atoms with Crippen LogP contribution < -0.4 is 5.32 Å². The van der Waals surface area contributed by atoms with Gasteiger partial charge in [-0.3, -0.25) is 14.5 Å². The fourth-order valence-electron chi connectivity index (χ4n) is 6.90. The highest BCUT2D eigenvalue weighted by Crippen LogP contribution is 2.38. The molecule has 0 radical (unpaired) electrons. The van der Waals surface area contributed by atoms with Crippen LogP contribution in [-0.2, 0) is 16.1 Å². The molecule has 0 aromatic heterocycles. The molecule has 2 heterocycles. The second kappa shape index (κ2) is 12.6. The molecule has 4 atom stereocenters. The Morgan fingerprint density at radius 2 is 1.55 bits per heavy atom. The molecule has 1 aliphatic carbocycles. The number of rotatable bonds is 9. The van der Waals surface area contributed by atoms with Gasteiger partial charge in [0.2, 0.25) is 5.91 Å². The molecular weight excluding hydrogens is 554 g/mol. The normalized spacial score (nSPS) is 21.7. The van der Waals surface area contributed by atoms with Crippen LogP contribution >= 0.6 is 0 Å². The number of carbonyl (C=O) groups excluding carboxylic acids is 3. The van der Waals surface area contributed by atoms with Crippen LogP contribution in [0.5, 0.6) is 0 Å². The third-order valence-corrected chi connectivity index (χ3v) is 9.29. The molecule has 0 spiro atoms. The summed E-state index contributed by atoms with van der Waals surface area (Å²) in [6.07, 6.45) is 3.58. The molecule has 1 saturated carbocycles. The molecule has 0 bridgehead atoms. The first-order chi connectivity index (χ1) is 21.4. The van der Waals surface area contributed by atoms with E-state index in [1.807, 2.05) is 89.8 Å². The monoisotopic (exact) mass is 593 g/mol. The van der Waals surface area contributed by atoms with Crippen LogP contribution in [0.1, 0.15) is 59.9 Å². The van der Waals surface area contributed by atoms with Gasteiger partial charge < -0.3 is 20.2 Å². The van der Waals surface area contributed by atoms with Crippen molar-refractivity contribution in [3.05, 3.63) is 107 Å². The third kappa shape index (κ3) is 5.59. The van der Waals surface area contributed by atoms with Gasteiger partial charge in [-0.25, -0.2) is 9.79 Å². The molecular formula is C35H39N5O4. The fraction of sp³-hybridized carbons (Fsp3) is 0.371. The van der Waals surface area contributed by atoms with Crippen molar-refractivity contribution >= 4 is 23.7 Å². The lowest BCUT2D eigenvalue weighted by Crippen LogP contribution is -2.63. The van der Waals surface area contributed by atoms with Gasteiger partial charge in [-0.1, -0.05) is 97.8 Å². The summed E-state index contributed by atoms with van der Waals surface area (Å²) in [6.45, 7) is 0.238. The Morgan fingerprint density at radius 1 is 0.909 bits per heavy atom. The van der Waals surface area contributed by atoms with Crippen molar-refractivity contribution in [1.29, 1.82) is 0 Å². The van der Waals surface area contributed by atoms with E-state index in [4.69, 9.17) is 4.99 Å². The number of nitrogens with one attached hydrogen (secondary N) is 1. The van der Waals surface area contributed by atoms with Gasteiger partial charge in [0, 0.05) is 26.2 Å². The zero-order valence-electron chi connectivity index (χ0n) is 25.2. The van der Waals surface area contributed by atoms with Crippen molar-refractivity contribution in [3.63, 3.8) is 0 Å². The lowest BCUT2D eigenvalue weighted by Gasteiger charge is -2.40. The van der Waals surface area contributed by atoms with Gasteiger partial charge in [0.1, 0.15) is 5.84 Å². The standard InChI is InChI=1S/C35H39N5O4/c1-38-32-30(34(43)39(2)35(38)44)40(31(37-32)27-15-7-4-8-16-27)21-23-17-19-26(20-18-23)29(25-13-9-10-14-25)33(42)36-28(22-41)24-11-5-3-6-12-24/h3-8,11-12,15-20,25,28-30,32,41H,9-10,13-14,21-22H2,1-2H3,(H,36,42)/t28-,29-,30?,32?/m0/s1. The SMILES string of the molecule is CN1C(=O)C2C(N=C(c3ccccc3)N2Cc2ccc([C@@H](C(=O)N[C@@H](CO)c3ccccc3)C3CCCC3)cc2)N(C)C1=O. The molecule has 4 amide bonds. The number of benzene rings is 3. The van der Waals surface area contributed by atoms with E-state index in [1.165, 1.54) is 16.8 Å². The zero-order valence-corrected chi connectivity index (χ0v) is 25.2. The summed E-state index contributed by atoms with van der Waals surface area (Å²) in [6, 6.07) is 25.9. The summed E-state index contributed by atoms with van der Waals surface area (Å²) in [4.78, 5) is 49.5. The number of aliphatic hydroxyl groups is 1.